The van der Waals surface area contributed by atoms with Crippen molar-refractivity contribution < 1.29 is 23.9 Å². The molecule has 0 aliphatic rings. The Morgan fingerprint density at radius 3 is 2.20 bits per heavy atom. The zero-order chi connectivity index (χ0) is 29.0. The number of nitrogens with one attached hydrogen (secondary N) is 1. The number of Topliss-reactive ketones (excluding diaryl/α,β-unsaturated/α-hetero) is 1. The second kappa shape index (κ2) is 11.6. The first-order valence-electron chi connectivity index (χ1n) is 12.8. The van der Waals surface area contributed by atoms with Crippen molar-refractivity contribution >= 4 is 34.3 Å². The Labute approximate surface area is 232 Å². The predicted octanol–water partition coefficient (Wildman–Crippen LogP) is 4.34. The van der Waals surface area contributed by atoms with Gasteiger partial charge in [-0.3, -0.25) is 19.3 Å². The molecular weight excluding hydrogens is 510 g/mol. The normalized spacial score (nSPS) is 12.1. The molecule has 3 aromatic carbocycles. The van der Waals surface area contributed by atoms with Crippen molar-refractivity contribution in [3.63, 3.8) is 0 Å². The largest absolute Gasteiger partial charge is 0.497 e. The van der Waals surface area contributed by atoms with Gasteiger partial charge in [0.1, 0.15) is 29.6 Å². The fourth-order valence-corrected chi connectivity index (χ4v) is 4.48. The van der Waals surface area contributed by atoms with E-state index in [0.29, 0.717) is 39.3 Å². The van der Waals surface area contributed by atoms with Crippen LogP contribution in [-0.2, 0) is 16.1 Å². The Morgan fingerprint density at radius 1 is 0.950 bits per heavy atom. The summed E-state index contributed by atoms with van der Waals surface area (Å²) in [5.74, 6) is -0.286. The Hall–Kier alpha value is -4.73. The van der Waals surface area contributed by atoms with Gasteiger partial charge in [-0.2, -0.15) is 0 Å². The van der Waals surface area contributed by atoms with E-state index in [1.807, 2.05) is 39.0 Å². The molecule has 0 aliphatic carbocycles. The van der Waals surface area contributed by atoms with Crippen LogP contribution in [-0.4, -0.2) is 52.3 Å². The highest BCUT2D eigenvalue weighted by Gasteiger charge is 2.37. The highest BCUT2D eigenvalue weighted by Crippen LogP contribution is 2.35. The highest BCUT2D eigenvalue weighted by molar-refractivity contribution is 6.08. The van der Waals surface area contributed by atoms with Gasteiger partial charge in [0.2, 0.25) is 11.8 Å². The van der Waals surface area contributed by atoms with Gasteiger partial charge < -0.3 is 14.8 Å². The van der Waals surface area contributed by atoms with Crippen LogP contribution >= 0.6 is 0 Å². The molecule has 1 atom stereocenters. The van der Waals surface area contributed by atoms with Gasteiger partial charge in [-0.1, -0.05) is 29.5 Å². The summed E-state index contributed by atoms with van der Waals surface area (Å²) in [4.78, 5) is 42.5. The van der Waals surface area contributed by atoms with Gasteiger partial charge in [0.25, 0.3) is 0 Å². The second-order valence-electron chi connectivity index (χ2n) is 10.4. The van der Waals surface area contributed by atoms with E-state index in [1.54, 1.807) is 48.5 Å². The lowest BCUT2D eigenvalue weighted by Crippen LogP contribution is -2.50. The van der Waals surface area contributed by atoms with Crippen LogP contribution in [0.3, 0.4) is 0 Å². The van der Waals surface area contributed by atoms with Gasteiger partial charge in [0, 0.05) is 17.2 Å². The van der Waals surface area contributed by atoms with Crippen LogP contribution in [0.15, 0.2) is 66.7 Å². The smallest absolute Gasteiger partial charge is 0.249 e. The van der Waals surface area contributed by atoms with E-state index in [1.165, 1.54) is 30.7 Å². The minimum atomic E-state index is -1.19. The third kappa shape index (κ3) is 6.12. The summed E-state index contributed by atoms with van der Waals surface area (Å²) < 4.78 is 12.4. The van der Waals surface area contributed by atoms with Gasteiger partial charge in [0.15, 0.2) is 5.78 Å². The van der Waals surface area contributed by atoms with Gasteiger partial charge in [0.05, 0.1) is 25.4 Å². The molecule has 0 saturated carbocycles. The molecule has 1 heterocycles. The SMILES string of the molecule is COc1cc(OC)cc(C(C(=O)NC(C)(C)C)N(C(=O)Cn2nnc3ccccc32)c2ccccc2C(C)=O)c1. The third-order valence-electron chi connectivity index (χ3n) is 6.21. The summed E-state index contributed by atoms with van der Waals surface area (Å²) in [5, 5.41) is 11.3. The molecule has 208 valence electrons. The molecule has 0 bridgehead atoms. The number of para-hydroxylation sites is 2. The first-order chi connectivity index (χ1) is 19.0. The van der Waals surface area contributed by atoms with E-state index in [4.69, 9.17) is 9.47 Å². The number of hydrogen-bond acceptors (Lipinski definition) is 7. The van der Waals surface area contributed by atoms with E-state index in [2.05, 4.69) is 15.6 Å². The monoisotopic (exact) mass is 543 g/mol. The number of methoxy groups -OCH3 is 2. The number of anilines is 1. The molecule has 10 nitrogen and oxygen atoms in total. The maximum atomic E-state index is 14.3. The van der Waals surface area contributed by atoms with Crippen molar-refractivity contribution in [1.29, 1.82) is 0 Å². The second-order valence-corrected chi connectivity index (χ2v) is 10.4. The van der Waals surface area contributed by atoms with Crippen molar-refractivity contribution in [2.45, 2.75) is 45.8 Å². The number of carbonyl (C=O) groups is 3. The van der Waals surface area contributed by atoms with E-state index in [9.17, 15) is 14.4 Å². The molecule has 0 radical (unpaired) electrons. The molecule has 4 aromatic rings. The van der Waals surface area contributed by atoms with Crippen molar-refractivity contribution in [2.24, 2.45) is 0 Å². The molecule has 1 aromatic heterocycles. The van der Waals surface area contributed by atoms with Gasteiger partial charge >= 0.3 is 0 Å². The molecule has 0 aliphatic heterocycles. The standard InChI is InChI=1S/C30H33N5O5/c1-19(36)23-11-7-9-13-25(23)35(27(37)18-34-26-14-10-8-12-24(26)32-33-34)28(29(38)31-30(2,3)4)20-15-21(39-5)17-22(16-20)40-6/h7-17,28H,18H2,1-6H3,(H,31,38). The number of nitrogens with zero attached hydrogens (tertiary/aromatic N) is 4. The lowest BCUT2D eigenvalue weighted by Gasteiger charge is -2.34. The first-order valence-corrected chi connectivity index (χ1v) is 12.8. The minimum absolute atomic E-state index is 0.229. The fourth-order valence-electron chi connectivity index (χ4n) is 4.48. The molecule has 10 heteroatoms. The Bertz CT molecular complexity index is 1530. The van der Waals surface area contributed by atoms with Crippen LogP contribution in [0.5, 0.6) is 11.5 Å². The molecule has 0 saturated heterocycles. The quantitative estimate of drug-likeness (QED) is 0.312. The third-order valence-corrected chi connectivity index (χ3v) is 6.21. The summed E-state index contributed by atoms with van der Waals surface area (Å²) in [6, 6.07) is 17.8. The molecule has 40 heavy (non-hydrogen) atoms. The number of fused-ring (bicyclic) bond motifs is 1. The number of benzene rings is 3. The molecule has 0 fully saturated rings. The lowest BCUT2D eigenvalue weighted by molar-refractivity contribution is -0.128. The van der Waals surface area contributed by atoms with Crippen LogP contribution in [0, 0.1) is 0 Å². The minimum Gasteiger partial charge on any atom is -0.497 e. The Balaban J connectivity index is 1.94. The summed E-state index contributed by atoms with van der Waals surface area (Å²) in [7, 11) is 3.01. The van der Waals surface area contributed by atoms with Crippen LogP contribution in [0.25, 0.3) is 11.0 Å². The molecule has 2 amide bonds. The zero-order valence-corrected chi connectivity index (χ0v) is 23.5. The topological polar surface area (TPSA) is 116 Å². The van der Waals surface area contributed by atoms with Gasteiger partial charge in [-0.15, -0.1) is 5.10 Å². The summed E-state index contributed by atoms with van der Waals surface area (Å²) in [5.41, 5.74) is 1.70. The van der Waals surface area contributed by atoms with E-state index in [-0.39, 0.29) is 12.3 Å². The average Bonchev–Trinajstić information content (AvgIpc) is 3.32. The van der Waals surface area contributed by atoms with Crippen molar-refractivity contribution in [2.75, 3.05) is 19.1 Å². The van der Waals surface area contributed by atoms with Crippen LogP contribution in [0.4, 0.5) is 5.69 Å². The van der Waals surface area contributed by atoms with Crippen molar-refractivity contribution in [3.05, 3.63) is 77.9 Å². The van der Waals surface area contributed by atoms with Gasteiger partial charge in [-0.05, 0) is 69.7 Å². The number of ether oxygens (including phenoxy) is 2. The molecule has 1 unspecified atom stereocenters. The molecule has 1 N–H and O–H groups in total. The highest BCUT2D eigenvalue weighted by atomic mass is 16.5. The zero-order valence-electron chi connectivity index (χ0n) is 23.5. The number of hydrogen-bond donors (Lipinski definition) is 1. The summed E-state index contributed by atoms with van der Waals surface area (Å²) in [6.07, 6.45) is 0. The maximum Gasteiger partial charge on any atom is 0.249 e. The Kier molecular flexibility index (Phi) is 8.18. The summed E-state index contributed by atoms with van der Waals surface area (Å²) >= 11 is 0. The van der Waals surface area contributed by atoms with Crippen LogP contribution in [0.2, 0.25) is 0 Å². The van der Waals surface area contributed by atoms with Crippen molar-refractivity contribution in [1.82, 2.24) is 20.3 Å². The molecule has 4 rings (SSSR count). The van der Waals surface area contributed by atoms with E-state index in [0.717, 1.165) is 0 Å². The molecule has 0 spiro atoms. The fraction of sp³-hybridized carbons (Fsp3) is 0.300. The number of aromatic nitrogens is 3. The first kappa shape index (κ1) is 28.3. The van der Waals surface area contributed by atoms with Crippen LogP contribution < -0.4 is 19.7 Å². The van der Waals surface area contributed by atoms with Crippen molar-refractivity contribution in [3.8, 4) is 11.5 Å². The predicted molar refractivity (Wildman–Crippen MR) is 152 cm³/mol. The maximum absolute atomic E-state index is 14.3. The van der Waals surface area contributed by atoms with Crippen LogP contribution in [0.1, 0.15) is 49.7 Å². The average molecular weight is 544 g/mol. The summed E-state index contributed by atoms with van der Waals surface area (Å²) in [6.45, 7) is 6.75. The van der Waals surface area contributed by atoms with Gasteiger partial charge in [-0.25, -0.2) is 4.68 Å². The number of amides is 2. The number of rotatable bonds is 9. The number of ketones is 1. The van der Waals surface area contributed by atoms with E-state index < -0.39 is 23.4 Å². The molecular formula is C30H33N5O5. The lowest BCUT2D eigenvalue weighted by atomic mass is 9.98. The Morgan fingerprint density at radius 2 is 1.57 bits per heavy atom. The van der Waals surface area contributed by atoms with E-state index >= 15 is 0 Å². The number of carbonyl (C=O) groups excluding carboxylic acids is 3.